The molecule has 0 aromatic carbocycles. The molecule has 0 aliphatic carbocycles. The molecule has 3 heteroatoms. The summed E-state index contributed by atoms with van der Waals surface area (Å²) in [7, 11) is 4.48. The van der Waals surface area contributed by atoms with Gasteiger partial charge in [0, 0.05) is 23.5 Å². The highest BCUT2D eigenvalue weighted by Crippen LogP contribution is 2.18. The van der Waals surface area contributed by atoms with E-state index in [1.54, 1.807) is 0 Å². The van der Waals surface area contributed by atoms with E-state index in [9.17, 15) is 0 Å². The molecular weight excluding hydrogens is 222 g/mol. The molecule has 0 spiro atoms. The molecule has 1 aromatic rings. The van der Waals surface area contributed by atoms with E-state index in [1.165, 1.54) is 20.9 Å². The summed E-state index contributed by atoms with van der Waals surface area (Å²) in [4.78, 5) is 7.50. The van der Waals surface area contributed by atoms with Crippen LogP contribution in [0.3, 0.4) is 0 Å². The van der Waals surface area contributed by atoms with Crippen molar-refractivity contribution in [2.45, 2.75) is 12.1 Å². The molecular formula is C15H21N3+2. The lowest BCUT2D eigenvalue weighted by molar-refractivity contribution is -0.894. The van der Waals surface area contributed by atoms with Crippen LogP contribution in [0.2, 0.25) is 0 Å². The van der Waals surface area contributed by atoms with Gasteiger partial charge < -0.3 is 9.80 Å². The van der Waals surface area contributed by atoms with Crippen LogP contribution in [-0.2, 0) is 0 Å². The number of nitrogens with zero attached hydrogens (tertiary/aromatic N) is 1. The van der Waals surface area contributed by atoms with E-state index >= 15 is 0 Å². The second-order valence-corrected chi connectivity index (χ2v) is 5.46. The molecule has 3 heterocycles. The molecule has 0 saturated heterocycles. The number of rotatable bonds is 2. The zero-order valence-electron chi connectivity index (χ0n) is 11.1. The molecule has 2 aliphatic rings. The first-order chi connectivity index (χ1) is 8.75. The van der Waals surface area contributed by atoms with Gasteiger partial charge in [0.05, 0.1) is 27.2 Å². The molecule has 4 atom stereocenters. The monoisotopic (exact) mass is 243 g/mol. The lowest BCUT2D eigenvalue weighted by Crippen LogP contribution is -3.07. The average molecular weight is 243 g/mol. The second-order valence-electron chi connectivity index (χ2n) is 5.46. The fourth-order valence-corrected chi connectivity index (χ4v) is 2.97. The molecule has 0 radical (unpaired) electrons. The summed E-state index contributed by atoms with van der Waals surface area (Å²) in [5.74, 6) is 0. The number of aromatic nitrogens is 1. The Morgan fingerprint density at radius 1 is 0.944 bits per heavy atom. The maximum Gasteiger partial charge on any atom is 0.134 e. The van der Waals surface area contributed by atoms with Gasteiger partial charge in [-0.2, -0.15) is 0 Å². The summed E-state index contributed by atoms with van der Waals surface area (Å²) < 4.78 is 0. The van der Waals surface area contributed by atoms with Crippen molar-refractivity contribution in [3.05, 3.63) is 53.9 Å². The predicted octanol–water partition coefficient (Wildman–Crippen LogP) is -0.667. The van der Waals surface area contributed by atoms with Crippen LogP contribution >= 0.6 is 0 Å². The number of hydrogen-bond donors (Lipinski definition) is 2. The van der Waals surface area contributed by atoms with Gasteiger partial charge in [0.1, 0.15) is 12.1 Å². The summed E-state index contributed by atoms with van der Waals surface area (Å²) in [6, 6.07) is 3.28. The predicted molar refractivity (Wildman–Crippen MR) is 71.5 cm³/mol. The molecule has 1 aromatic heterocycles. The maximum atomic E-state index is 4.45. The van der Waals surface area contributed by atoms with Crippen LogP contribution in [0.25, 0.3) is 0 Å². The highest BCUT2D eigenvalue weighted by atomic mass is 15.1. The Bertz CT molecular complexity index is 451. The first kappa shape index (κ1) is 11.6. The van der Waals surface area contributed by atoms with Crippen LogP contribution in [0.1, 0.15) is 23.2 Å². The quantitative estimate of drug-likeness (QED) is 0.661. The Labute approximate surface area is 108 Å². The molecule has 2 aliphatic heterocycles. The molecule has 4 unspecified atom stereocenters. The third-order valence-electron chi connectivity index (χ3n) is 4.10. The van der Waals surface area contributed by atoms with Gasteiger partial charge in [-0.05, 0) is 30.4 Å². The Morgan fingerprint density at radius 3 is 1.83 bits per heavy atom. The number of quaternary nitrogens is 2. The fourth-order valence-electron chi connectivity index (χ4n) is 2.97. The van der Waals surface area contributed by atoms with E-state index in [2.05, 4.69) is 49.4 Å². The van der Waals surface area contributed by atoms with Crippen LogP contribution in [0, 0.1) is 0 Å². The van der Waals surface area contributed by atoms with Crippen molar-refractivity contribution in [3.8, 4) is 0 Å². The van der Waals surface area contributed by atoms with Gasteiger partial charge in [0.2, 0.25) is 0 Å². The molecule has 94 valence electrons. The summed E-state index contributed by atoms with van der Waals surface area (Å²) >= 11 is 0. The lowest BCUT2D eigenvalue weighted by atomic mass is 10.0. The molecule has 2 N–H and O–H groups in total. The van der Waals surface area contributed by atoms with Crippen molar-refractivity contribution in [2.24, 2.45) is 0 Å². The van der Waals surface area contributed by atoms with Crippen LogP contribution < -0.4 is 9.80 Å². The van der Waals surface area contributed by atoms with Crippen LogP contribution in [0.15, 0.2) is 42.8 Å². The smallest absolute Gasteiger partial charge is 0.134 e. The highest BCUT2D eigenvalue weighted by Gasteiger charge is 2.26. The Kier molecular flexibility index (Phi) is 3.02. The molecule has 3 nitrogen and oxygen atoms in total. The number of pyridine rings is 1. The molecule has 3 rings (SSSR count). The Morgan fingerprint density at radius 2 is 1.44 bits per heavy atom. The minimum absolute atomic E-state index is 0.475. The van der Waals surface area contributed by atoms with Crippen molar-refractivity contribution >= 4 is 0 Å². The molecule has 0 fully saturated rings. The molecule has 18 heavy (non-hydrogen) atoms. The van der Waals surface area contributed by atoms with E-state index in [0.717, 1.165) is 13.1 Å². The Balaban J connectivity index is 1.89. The zero-order valence-corrected chi connectivity index (χ0v) is 11.1. The summed E-state index contributed by atoms with van der Waals surface area (Å²) in [6.07, 6.45) is 13.2. The topological polar surface area (TPSA) is 21.8 Å². The lowest BCUT2D eigenvalue weighted by Gasteiger charge is -2.19. The Hall–Kier alpha value is -1.45. The van der Waals surface area contributed by atoms with E-state index < -0.39 is 0 Å². The first-order valence-corrected chi connectivity index (χ1v) is 6.68. The van der Waals surface area contributed by atoms with E-state index in [4.69, 9.17) is 0 Å². The van der Waals surface area contributed by atoms with Gasteiger partial charge in [-0.3, -0.25) is 4.98 Å². The van der Waals surface area contributed by atoms with E-state index in [-0.39, 0.29) is 0 Å². The normalized spacial score (nSPS) is 34.3. The zero-order chi connectivity index (χ0) is 12.5. The number of hydrogen-bond acceptors (Lipinski definition) is 1. The SMILES string of the molecule is C[NH+]1CC=CC1c1cncc(C2C=CC[NH+]2C)c1. The maximum absolute atomic E-state index is 4.45. The molecule has 0 amide bonds. The van der Waals surface area contributed by atoms with Gasteiger partial charge in [-0.15, -0.1) is 0 Å². The molecule has 0 bridgehead atoms. The van der Waals surface area contributed by atoms with Gasteiger partial charge in [-0.1, -0.05) is 0 Å². The largest absolute Gasteiger partial charge is 0.325 e. The summed E-state index contributed by atoms with van der Waals surface area (Å²) in [5.41, 5.74) is 2.68. The van der Waals surface area contributed by atoms with Gasteiger partial charge in [0.15, 0.2) is 0 Å². The number of likely N-dealkylation sites (N-methyl/N-ethyl adjacent to an activating group) is 2. The van der Waals surface area contributed by atoms with E-state index in [1.807, 2.05) is 12.4 Å². The van der Waals surface area contributed by atoms with Gasteiger partial charge in [-0.25, -0.2) is 0 Å². The fraction of sp³-hybridized carbons (Fsp3) is 0.400. The van der Waals surface area contributed by atoms with Crippen molar-refractivity contribution in [1.29, 1.82) is 0 Å². The molecule has 0 saturated carbocycles. The standard InChI is InChI=1S/C15H19N3/c1-17-7-3-5-14(17)12-9-13(11-16-10-12)15-6-4-8-18(15)2/h3-6,9-11,14-15H,7-8H2,1-2H3/p+2. The average Bonchev–Trinajstić information content (AvgIpc) is 2.98. The third kappa shape index (κ3) is 2.00. The van der Waals surface area contributed by atoms with Crippen LogP contribution in [-0.4, -0.2) is 32.2 Å². The van der Waals surface area contributed by atoms with Crippen molar-refractivity contribution in [2.75, 3.05) is 27.2 Å². The minimum atomic E-state index is 0.475. The van der Waals surface area contributed by atoms with Crippen LogP contribution in [0.5, 0.6) is 0 Å². The van der Waals surface area contributed by atoms with Crippen LogP contribution in [0.4, 0.5) is 0 Å². The van der Waals surface area contributed by atoms with Gasteiger partial charge >= 0.3 is 0 Å². The summed E-state index contributed by atoms with van der Waals surface area (Å²) in [6.45, 7) is 2.23. The van der Waals surface area contributed by atoms with Crippen molar-refractivity contribution < 1.29 is 9.80 Å². The third-order valence-corrected chi connectivity index (χ3v) is 4.10. The first-order valence-electron chi connectivity index (χ1n) is 6.68. The highest BCUT2D eigenvalue weighted by molar-refractivity contribution is 5.27. The van der Waals surface area contributed by atoms with Crippen molar-refractivity contribution in [1.82, 2.24) is 4.98 Å². The minimum Gasteiger partial charge on any atom is -0.325 e. The second kappa shape index (κ2) is 4.67. The summed E-state index contributed by atoms with van der Waals surface area (Å²) in [5, 5.41) is 0. The van der Waals surface area contributed by atoms with E-state index in [0.29, 0.717) is 12.1 Å². The number of nitrogens with one attached hydrogen (secondary N) is 2. The van der Waals surface area contributed by atoms with Crippen molar-refractivity contribution in [3.63, 3.8) is 0 Å². The van der Waals surface area contributed by atoms with Gasteiger partial charge in [0.25, 0.3) is 0 Å².